The van der Waals surface area contributed by atoms with Crippen molar-refractivity contribution in [3.63, 3.8) is 0 Å². The molecule has 2 fully saturated rings. The molecule has 0 aromatic heterocycles. The van der Waals surface area contributed by atoms with Crippen molar-refractivity contribution in [3.05, 3.63) is 0 Å². The molecule has 5 atom stereocenters. The normalized spacial score (nSPS) is 37.1. The molecule has 0 saturated heterocycles. The minimum Gasteiger partial charge on any atom is -0.393 e. The minimum atomic E-state index is -0.302. The van der Waals surface area contributed by atoms with Crippen molar-refractivity contribution in [2.75, 3.05) is 6.54 Å². The number of aliphatic hydroxyl groups is 1. The first-order chi connectivity index (χ1) is 8.13. The van der Waals surface area contributed by atoms with Gasteiger partial charge in [0, 0.05) is 12.6 Å². The SMILES string of the molecule is CCC(O)CCNC(=O)C1C2CCC(C2)C1N. The summed E-state index contributed by atoms with van der Waals surface area (Å²) < 4.78 is 0. The second-order valence-corrected chi connectivity index (χ2v) is 5.58. The standard InChI is InChI=1S/C13H24N2O2/c1-2-10(16)5-6-15-13(17)11-8-3-4-9(7-8)12(11)14/h8-12,16H,2-7,14H2,1H3,(H,15,17). The van der Waals surface area contributed by atoms with Crippen molar-refractivity contribution in [2.24, 2.45) is 23.5 Å². The fourth-order valence-electron chi connectivity index (χ4n) is 3.41. The highest BCUT2D eigenvalue weighted by Crippen LogP contribution is 2.47. The topological polar surface area (TPSA) is 75.3 Å². The van der Waals surface area contributed by atoms with Gasteiger partial charge < -0.3 is 16.2 Å². The number of rotatable bonds is 5. The van der Waals surface area contributed by atoms with Crippen molar-refractivity contribution in [1.29, 1.82) is 0 Å². The molecular formula is C13H24N2O2. The zero-order valence-corrected chi connectivity index (χ0v) is 10.6. The third-order valence-corrected chi connectivity index (χ3v) is 4.53. The summed E-state index contributed by atoms with van der Waals surface area (Å²) in [5, 5.41) is 12.3. The smallest absolute Gasteiger partial charge is 0.224 e. The fraction of sp³-hybridized carbons (Fsp3) is 0.923. The molecule has 2 bridgehead atoms. The Morgan fingerprint density at radius 1 is 1.47 bits per heavy atom. The van der Waals surface area contributed by atoms with Gasteiger partial charge in [0.15, 0.2) is 0 Å². The fourth-order valence-corrected chi connectivity index (χ4v) is 3.41. The van der Waals surface area contributed by atoms with Gasteiger partial charge in [-0.25, -0.2) is 0 Å². The second kappa shape index (κ2) is 5.36. The van der Waals surface area contributed by atoms with Crippen LogP contribution < -0.4 is 11.1 Å². The number of hydrogen-bond acceptors (Lipinski definition) is 3. The molecule has 5 unspecified atom stereocenters. The average Bonchev–Trinajstić information content (AvgIpc) is 2.88. The van der Waals surface area contributed by atoms with E-state index in [4.69, 9.17) is 5.73 Å². The minimum absolute atomic E-state index is 0.0209. The van der Waals surface area contributed by atoms with Crippen LogP contribution >= 0.6 is 0 Å². The summed E-state index contributed by atoms with van der Waals surface area (Å²) in [4.78, 5) is 12.0. The number of fused-ring (bicyclic) bond motifs is 2. The Morgan fingerprint density at radius 2 is 2.18 bits per heavy atom. The molecule has 4 N–H and O–H groups in total. The van der Waals surface area contributed by atoms with Gasteiger partial charge in [-0.2, -0.15) is 0 Å². The van der Waals surface area contributed by atoms with E-state index in [9.17, 15) is 9.90 Å². The van der Waals surface area contributed by atoms with Crippen molar-refractivity contribution in [2.45, 2.75) is 51.2 Å². The number of nitrogens with two attached hydrogens (primary N) is 1. The third kappa shape index (κ3) is 2.63. The van der Waals surface area contributed by atoms with Gasteiger partial charge in [-0.05, 0) is 43.9 Å². The highest BCUT2D eigenvalue weighted by molar-refractivity contribution is 5.80. The second-order valence-electron chi connectivity index (χ2n) is 5.58. The summed E-state index contributed by atoms with van der Waals surface area (Å²) in [5.74, 6) is 1.20. The third-order valence-electron chi connectivity index (χ3n) is 4.53. The van der Waals surface area contributed by atoms with Gasteiger partial charge in [-0.15, -0.1) is 0 Å². The molecule has 0 spiro atoms. The molecule has 98 valence electrons. The van der Waals surface area contributed by atoms with Crippen LogP contribution in [0.5, 0.6) is 0 Å². The van der Waals surface area contributed by atoms with Crippen molar-refractivity contribution in [3.8, 4) is 0 Å². The predicted molar refractivity (Wildman–Crippen MR) is 66.2 cm³/mol. The number of hydrogen-bond donors (Lipinski definition) is 3. The molecule has 17 heavy (non-hydrogen) atoms. The van der Waals surface area contributed by atoms with Crippen LogP contribution in [0.4, 0.5) is 0 Å². The Morgan fingerprint density at radius 3 is 2.76 bits per heavy atom. The quantitative estimate of drug-likeness (QED) is 0.660. The van der Waals surface area contributed by atoms with Gasteiger partial charge in [0.2, 0.25) is 5.91 Å². The Balaban J connectivity index is 1.77. The van der Waals surface area contributed by atoms with Crippen LogP contribution in [0.15, 0.2) is 0 Å². The van der Waals surface area contributed by atoms with Gasteiger partial charge in [0.05, 0.1) is 12.0 Å². The first-order valence-corrected chi connectivity index (χ1v) is 6.84. The van der Waals surface area contributed by atoms with Gasteiger partial charge in [0.25, 0.3) is 0 Å². The van der Waals surface area contributed by atoms with E-state index in [0.717, 1.165) is 19.3 Å². The number of aliphatic hydroxyl groups excluding tert-OH is 1. The summed E-state index contributed by atoms with van der Waals surface area (Å²) >= 11 is 0. The maximum atomic E-state index is 12.0. The Labute approximate surface area is 103 Å². The molecule has 0 radical (unpaired) electrons. The lowest BCUT2D eigenvalue weighted by molar-refractivity contribution is -0.127. The van der Waals surface area contributed by atoms with Gasteiger partial charge >= 0.3 is 0 Å². The summed E-state index contributed by atoms with van der Waals surface area (Å²) in [6.45, 7) is 2.51. The van der Waals surface area contributed by atoms with E-state index >= 15 is 0 Å². The van der Waals surface area contributed by atoms with Crippen molar-refractivity contribution in [1.82, 2.24) is 5.32 Å². The van der Waals surface area contributed by atoms with E-state index in [-0.39, 0.29) is 24.0 Å². The van der Waals surface area contributed by atoms with Crippen LogP contribution in [-0.4, -0.2) is 29.7 Å². The Bertz CT molecular complexity index is 281. The first kappa shape index (κ1) is 12.8. The molecule has 1 amide bonds. The van der Waals surface area contributed by atoms with Crippen LogP contribution in [0.1, 0.15) is 39.0 Å². The van der Waals surface area contributed by atoms with Crippen molar-refractivity contribution < 1.29 is 9.90 Å². The number of carbonyl (C=O) groups excluding carboxylic acids is 1. The van der Waals surface area contributed by atoms with Crippen LogP contribution in [0.2, 0.25) is 0 Å². The molecule has 2 aliphatic carbocycles. The lowest BCUT2D eigenvalue weighted by Gasteiger charge is -2.27. The van der Waals surface area contributed by atoms with Gasteiger partial charge in [-0.3, -0.25) is 4.79 Å². The van der Waals surface area contributed by atoms with Crippen LogP contribution in [0.3, 0.4) is 0 Å². The maximum absolute atomic E-state index is 12.0. The van der Waals surface area contributed by atoms with Crippen LogP contribution in [0.25, 0.3) is 0 Å². The summed E-state index contributed by atoms with van der Waals surface area (Å²) in [6, 6.07) is 0.0600. The van der Waals surface area contributed by atoms with Crippen LogP contribution in [-0.2, 0) is 4.79 Å². The molecule has 0 aromatic carbocycles. The van der Waals surface area contributed by atoms with E-state index in [1.807, 2.05) is 6.92 Å². The van der Waals surface area contributed by atoms with Gasteiger partial charge in [0.1, 0.15) is 0 Å². The zero-order chi connectivity index (χ0) is 12.4. The van der Waals surface area contributed by atoms with E-state index in [2.05, 4.69) is 5.32 Å². The zero-order valence-electron chi connectivity index (χ0n) is 10.6. The highest BCUT2D eigenvalue weighted by Gasteiger charge is 2.48. The molecule has 2 saturated carbocycles. The lowest BCUT2D eigenvalue weighted by Crippen LogP contribution is -2.45. The summed E-state index contributed by atoms with van der Waals surface area (Å²) in [6.07, 6.45) is 4.57. The lowest BCUT2D eigenvalue weighted by atomic mass is 9.84. The first-order valence-electron chi connectivity index (χ1n) is 6.84. The predicted octanol–water partition coefficient (Wildman–Crippen LogP) is 0.637. The van der Waals surface area contributed by atoms with E-state index < -0.39 is 0 Å². The number of carbonyl (C=O) groups is 1. The Kier molecular flexibility index (Phi) is 4.05. The molecule has 4 nitrogen and oxygen atoms in total. The summed E-state index contributed by atoms with van der Waals surface area (Å²) in [7, 11) is 0. The van der Waals surface area contributed by atoms with Crippen LogP contribution in [0, 0.1) is 17.8 Å². The Hall–Kier alpha value is -0.610. The average molecular weight is 240 g/mol. The molecule has 0 aromatic rings. The van der Waals surface area contributed by atoms with E-state index in [1.54, 1.807) is 0 Å². The monoisotopic (exact) mass is 240 g/mol. The molecular weight excluding hydrogens is 216 g/mol. The molecule has 0 heterocycles. The molecule has 4 heteroatoms. The highest BCUT2D eigenvalue weighted by atomic mass is 16.3. The summed E-state index contributed by atoms with van der Waals surface area (Å²) in [5.41, 5.74) is 6.11. The maximum Gasteiger partial charge on any atom is 0.224 e. The largest absolute Gasteiger partial charge is 0.393 e. The molecule has 2 rings (SSSR count). The molecule has 0 aliphatic heterocycles. The number of amides is 1. The number of nitrogens with one attached hydrogen (secondary N) is 1. The van der Waals surface area contributed by atoms with Gasteiger partial charge in [-0.1, -0.05) is 6.92 Å². The van der Waals surface area contributed by atoms with E-state index in [0.29, 0.717) is 24.8 Å². The van der Waals surface area contributed by atoms with E-state index in [1.165, 1.54) is 6.42 Å². The molecule has 2 aliphatic rings. The van der Waals surface area contributed by atoms with Crippen molar-refractivity contribution >= 4 is 5.91 Å².